The van der Waals surface area contributed by atoms with Gasteiger partial charge in [0.15, 0.2) is 0 Å². The molecule has 42 heavy (non-hydrogen) atoms. The van der Waals surface area contributed by atoms with Crippen molar-refractivity contribution in [1.29, 1.82) is 0 Å². The second kappa shape index (κ2) is 27.4. The van der Waals surface area contributed by atoms with Gasteiger partial charge in [-0.05, 0) is 44.2 Å². The predicted octanol–water partition coefficient (Wildman–Crippen LogP) is 11.3. The topological polar surface area (TPSA) is 27.7 Å². The van der Waals surface area contributed by atoms with Crippen LogP contribution in [0, 0.1) is 12.7 Å². The molecule has 0 aliphatic carbocycles. The molecule has 0 N–H and O–H groups in total. The molecular weight excluding hydrogens is 524 g/mol. The highest BCUT2D eigenvalue weighted by Crippen LogP contribution is 2.40. The zero-order valence-electron chi connectivity index (χ0n) is 29.0. The van der Waals surface area contributed by atoms with Crippen LogP contribution in [0.4, 0.5) is 4.39 Å². The number of quaternary nitrogens is 1. The Hall–Kier alpha value is -1.11. The number of rotatable bonds is 26. The van der Waals surface area contributed by atoms with E-state index < -0.39 is 7.32 Å². The van der Waals surface area contributed by atoms with Crippen LogP contribution in [0.3, 0.4) is 0 Å². The first-order valence-corrected chi connectivity index (χ1v) is 17.8. The van der Waals surface area contributed by atoms with Crippen molar-refractivity contribution in [3.8, 4) is 5.75 Å². The number of halogens is 1. The summed E-state index contributed by atoms with van der Waals surface area (Å²) in [5, 5.41) is 0. The number of benzene rings is 1. The van der Waals surface area contributed by atoms with Gasteiger partial charge in [0.05, 0.1) is 25.2 Å². The summed E-state index contributed by atoms with van der Waals surface area (Å²) < 4.78 is 35.0. The fraction of sp³-hybridized carbons (Fsp3) is 0.806. The Morgan fingerprint density at radius 3 is 1.60 bits per heavy atom. The number of hydrogen-bond acceptors (Lipinski definition) is 3. The van der Waals surface area contributed by atoms with E-state index in [-0.39, 0.29) is 11.9 Å². The molecule has 0 aromatic heterocycles. The van der Waals surface area contributed by atoms with Crippen LogP contribution in [0.5, 0.6) is 5.75 Å². The predicted molar refractivity (Wildman–Crippen MR) is 181 cm³/mol. The van der Waals surface area contributed by atoms with E-state index in [9.17, 15) is 0 Å². The van der Waals surface area contributed by atoms with Gasteiger partial charge in [-0.1, -0.05) is 112 Å². The first-order chi connectivity index (χ1) is 20.4. The lowest BCUT2D eigenvalue weighted by Gasteiger charge is -2.45. The number of hydrogen-bond donors (Lipinski definition) is 0. The van der Waals surface area contributed by atoms with Gasteiger partial charge in [-0.25, -0.2) is 4.39 Å². The summed E-state index contributed by atoms with van der Waals surface area (Å²) in [7, 11) is -0.809. The molecule has 6 heteroatoms. The highest BCUT2D eigenvalue weighted by atomic mass is 19.1. The zero-order chi connectivity index (χ0) is 31.5. The third kappa shape index (κ3) is 16.7. The summed E-state index contributed by atoms with van der Waals surface area (Å²) in [6, 6.07) is 5.26. The minimum atomic E-state index is -0.809. The summed E-state index contributed by atoms with van der Waals surface area (Å²) in [5.41, 5.74) is 0.685. The first-order valence-electron chi connectivity index (χ1n) is 17.8. The summed E-state index contributed by atoms with van der Waals surface area (Å²) in [6.07, 6.45) is 18.1. The minimum absolute atomic E-state index is 0.0378. The van der Waals surface area contributed by atoms with Gasteiger partial charge in [0, 0.05) is 19.6 Å². The zero-order valence-corrected chi connectivity index (χ0v) is 29.0. The average molecular weight is 594 g/mol. The average Bonchev–Trinajstić information content (AvgIpc) is 2.98. The van der Waals surface area contributed by atoms with E-state index in [1.54, 1.807) is 12.1 Å². The molecule has 0 saturated carbocycles. The fourth-order valence-electron chi connectivity index (χ4n) is 6.01. The number of nitrogens with zero attached hydrogens (tertiary/aromatic N) is 1. The Morgan fingerprint density at radius 2 is 1.19 bits per heavy atom. The molecule has 0 amide bonds. The Kier molecular flexibility index (Phi) is 26.7. The van der Waals surface area contributed by atoms with Crippen molar-refractivity contribution in [2.45, 2.75) is 157 Å². The molecule has 1 unspecified atom stereocenters. The molecule has 1 aromatic carbocycles. The lowest BCUT2D eigenvalue weighted by atomic mass is 9.96. The quantitative estimate of drug-likeness (QED) is 0.0463. The van der Waals surface area contributed by atoms with Gasteiger partial charge in [-0.3, -0.25) is 0 Å². The van der Waals surface area contributed by atoms with Crippen LogP contribution in [0.25, 0.3) is 0 Å². The van der Waals surface area contributed by atoms with Gasteiger partial charge >= 0.3 is 7.32 Å². The van der Waals surface area contributed by atoms with Gasteiger partial charge in [0.25, 0.3) is 0 Å². The Bertz CT molecular complexity index is 701. The highest BCUT2D eigenvalue weighted by Gasteiger charge is 2.39. The maximum Gasteiger partial charge on any atom is 0.713 e. The maximum atomic E-state index is 15.6. The fourth-order valence-corrected chi connectivity index (χ4v) is 6.01. The molecule has 0 heterocycles. The minimum Gasteiger partial charge on any atom is -0.511 e. The standard InChI is InChI=1S/C30H56BFNO3.C6H13/c1-7-13-15-17-25-34-31(35-26-18-16-14-8-2)36-29-21-19-20-27(32)30(29)28(12-6)33(22-9-3,23-10-4)24-11-5;1-3-5-6-4-2/h19-21,28H,7-18,22-26H2,1-6H3;1,3-6H2,2H3/q+1;-1. The molecule has 246 valence electrons. The molecular formula is C36H69BFNO3. The van der Waals surface area contributed by atoms with Crippen LogP contribution in [-0.2, 0) is 9.31 Å². The van der Waals surface area contributed by atoms with Crippen LogP contribution >= 0.6 is 0 Å². The molecule has 0 bridgehead atoms. The monoisotopic (exact) mass is 594 g/mol. The molecule has 4 nitrogen and oxygen atoms in total. The van der Waals surface area contributed by atoms with Crippen molar-refractivity contribution in [2.75, 3.05) is 32.8 Å². The van der Waals surface area contributed by atoms with Gasteiger partial charge in [0.2, 0.25) is 0 Å². The third-order valence-corrected chi connectivity index (χ3v) is 7.98. The largest absolute Gasteiger partial charge is 0.713 e. The van der Waals surface area contributed by atoms with Crippen LogP contribution in [0.1, 0.15) is 163 Å². The Balaban J connectivity index is 0.00000252. The molecule has 0 fully saturated rings. The van der Waals surface area contributed by atoms with E-state index in [1.165, 1.54) is 44.9 Å². The van der Waals surface area contributed by atoms with Crippen molar-refractivity contribution >= 4 is 7.32 Å². The summed E-state index contributed by atoms with van der Waals surface area (Å²) in [4.78, 5) is 0. The molecule has 0 aliphatic heterocycles. The Morgan fingerprint density at radius 1 is 0.690 bits per heavy atom. The Labute approximate surface area is 262 Å². The van der Waals surface area contributed by atoms with Crippen molar-refractivity contribution in [3.05, 3.63) is 36.5 Å². The molecule has 0 aliphatic rings. The van der Waals surface area contributed by atoms with E-state index >= 15 is 4.39 Å². The number of unbranched alkanes of at least 4 members (excludes halogenated alkanes) is 9. The summed E-state index contributed by atoms with van der Waals surface area (Å²) in [6.45, 7) is 23.5. The molecule has 0 saturated heterocycles. The second-order valence-electron chi connectivity index (χ2n) is 11.8. The third-order valence-electron chi connectivity index (χ3n) is 7.98. The van der Waals surface area contributed by atoms with Crippen LogP contribution in [0.15, 0.2) is 18.2 Å². The van der Waals surface area contributed by atoms with Gasteiger partial charge < -0.3 is 25.4 Å². The molecule has 0 spiro atoms. The van der Waals surface area contributed by atoms with E-state index in [0.717, 1.165) is 81.9 Å². The first kappa shape index (κ1) is 40.9. The van der Waals surface area contributed by atoms with Crippen LogP contribution in [-0.4, -0.2) is 44.7 Å². The maximum absolute atomic E-state index is 15.6. The van der Waals surface area contributed by atoms with Crippen LogP contribution in [0.2, 0.25) is 0 Å². The normalized spacial score (nSPS) is 12.1. The van der Waals surface area contributed by atoms with E-state index in [0.29, 0.717) is 24.5 Å². The van der Waals surface area contributed by atoms with E-state index in [4.69, 9.17) is 14.0 Å². The van der Waals surface area contributed by atoms with Gasteiger partial charge in [-0.2, -0.15) is 6.42 Å². The van der Waals surface area contributed by atoms with Crippen molar-refractivity contribution in [1.82, 2.24) is 0 Å². The molecule has 0 radical (unpaired) electrons. The second-order valence-corrected chi connectivity index (χ2v) is 11.8. The smallest absolute Gasteiger partial charge is 0.511 e. The highest BCUT2D eigenvalue weighted by molar-refractivity contribution is 6.37. The summed E-state index contributed by atoms with van der Waals surface area (Å²) in [5.74, 6) is 0.384. The molecule has 1 aromatic rings. The SMILES string of the molecule is CCCCCCOB(OCCCCCC)Oc1cccc(F)c1C(CC)[N+](CCC)(CCC)CCC.[CH2-]CCCCC. The lowest BCUT2D eigenvalue weighted by Crippen LogP contribution is -2.52. The van der Waals surface area contributed by atoms with Crippen LogP contribution < -0.4 is 4.65 Å². The molecule has 1 rings (SSSR count). The summed E-state index contributed by atoms with van der Waals surface area (Å²) >= 11 is 0. The van der Waals surface area contributed by atoms with Crippen molar-refractivity contribution in [2.24, 2.45) is 0 Å². The molecule has 1 atom stereocenters. The van der Waals surface area contributed by atoms with Crippen molar-refractivity contribution < 1.29 is 22.8 Å². The van der Waals surface area contributed by atoms with E-state index in [2.05, 4.69) is 55.4 Å². The lowest BCUT2D eigenvalue weighted by molar-refractivity contribution is -0.957. The van der Waals surface area contributed by atoms with Crippen molar-refractivity contribution in [3.63, 3.8) is 0 Å². The van der Waals surface area contributed by atoms with Gasteiger partial charge in [0.1, 0.15) is 17.6 Å². The van der Waals surface area contributed by atoms with Gasteiger partial charge in [-0.15, -0.1) is 0 Å². The van der Waals surface area contributed by atoms with E-state index in [1.807, 2.05) is 6.07 Å².